The van der Waals surface area contributed by atoms with Gasteiger partial charge in [-0.25, -0.2) is 9.59 Å². The number of carbonyl (C=O) groups is 2. The van der Waals surface area contributed by atoms with Crippen LogP contribution in [0.2, 0.25) is 0 Å². The molecule has 2 rings (SSSR count). The molecule has 0 aliphatic carbocycles. The molecule has 2 aromatic carbocycles. The Morgan fingerprint density at radius 3 is 1.82 bits per heavy atom. The third-order valence-corrected chi connectivity index (χ3v) is 3.04. The quantitative estimate of drug-likeness (QED) is 0.647. The number of aromatic carboxylic acids is 2. The first-order valence-corrected chi connectivity index (χ1v) is 6.20. The van der Waals surface area contributed by atoms with Crippen LogP contribution in [0.3, 0.4) is 0 Å². The molecule has 0 fully saturated rings. The molecular formula is C15H11NO6. The first-order valence-electron chi connectivity index (χ1n) is 6.20. The average molecular weight is 301 g/mol. The molecule has 2 aromatic rings. The van der Waals surface area contributed by atoms with Crippen LogP contribution in [0.5, 0.6) is 0 Å². The number of benzene rings is 2. The molecule has 0 aromatic heterocycles. The van der Waals surface area contributed by atoms with Crippen LogP contribution in [0, 0.1) is 10.1 Å². The molecule has 7 heteroatoms. The van der Waals surface area contributed by atoms with E-state index in [-0.39, 0.29) is 23.2 Å². The zero-order valence-electron chi connectivity index (χ0n) is 11.2. The Hall–Kier alpha value is -3.22. The van der Waals surface area contributed by atoms with Crippen molar-refractivity contribution in [2.75, 3.05) is 0 Å². The first-order chi connectivity index (χ1) is 10.4. The summed E-state index contributed by atoms with van der Waals surface area (Å²) >= 11 is 0. The fraction of sp³-hybridized carbons (Fsp3) is 0.0667. The Labute approximate surface area is 124 Å². The highest BCUT2D eigenvalue weighted by molar-refractivity contribution is 5.94. The van der Waals surface area contributed by atoms with Gasteiger partial charge in [0.1, 0.15) is 0 Å². The van der Waals surface area contributed by atoms with Gasteiger partial charge in [0.2, 0.25) is 0 Å². The van der Waals surface area contributed by atoms with Gasteiger partial charge in [0.05, 0.1) is 16.1 Å². The van der Waals surface area contributed by atoms with Crippen LogP contribution >= 0.6 is 0 Å². The topological polar surface area (TPSA) is 118 Å². The first kappa shape index (κ1) is 15.2. The van der Waals surface area contributed by atoms with E-state index in [0.29, 0.717) is 11.1 Å². The Morgan fingerprint density at radius 1 is 0.909 bits per heavy atom. The summed E-state index contributed by atoms with van der Waals surface area (Å²) in [6, 6.07) is 9.64. The lowest BCUT2D eigenvalue weighted by atomic mass is 9.99. The minimum Gasteiger partial charge on any atom is -0.478 e. The SMILES string of the molecule is O=C(O)c1cc(Cc2ccc([N+](=O)[O-])cc2)cc(C(=O)O)c1. The van der Waals surface area contributed by atoms with Crippen molar-refractivity contribution in [2.45, 2.75) is 6.42 Å². The average Bonchev–Trinajstić information content (AvgIpc) is 2.47. The predicted molar refractivity (Wildman–Crippen MR) is 76.3 cm³/mol. The number of non-ortho nitro benzene ring substituents is 1. The Bertz CT molecular complexity index is 719. The summed E-state index contributed by atoms with van der Waals surface area (Å²) in [6.45, 7) is 0. The molecule has 0 radical (unpaired) electrons. The highest BCUT2D eigenvalue weighted by atomic mass is 16.6. The molecular weight excluding hydrogens is 290 g/mol. The molecule has 0 saturated carbocycles. The van der Waals surface area contributed by atoms with E-state index >= 15 is 0 Å². The molecule has 0 atom stereocenters. The van der Waals surface area contributed by atoms with Crippen LogP contribution in [0.25, 0.3) is 0 Å². The third kappa shape index (κ3) is 3.45. The summed E-state index contributed by atoms with van der Waals surface area (Å²) in [7, 11) is 0. The zero-order valence-corrected chi connectivity index (χ0v) is 11.2. The number of nitro benzene ring substituents is 1. The van der Waals surface area contributed by atoms with Gasteiger partial charge < -0.3 is 10.2 Å². The lowest BCUT2D eigenvalue weighted by Gasteiger charge is -2.06. The molecule has 0 aliphatic heterocycles. The summed E-state index contributed by atoms with van der Waals surface area (Å²) in [5, 5.41) is 28.6. The molecule has 7 nitrogen and oxygen atoms in total. The largest absolute Gasteiger partial charge is 0.478 e. The van der Waals surface area contributed by atoms with E-state index in [1.807, 2.05) is 0 Å². The molecule has 0 heterocycles. The molecule has 22 heavy (non-hydrogen) atoms. The van der Waals surface area contributed by atoms with Gasteiger partial charge in [0.25, 0.3) is 5.69 Å². The number of hydrogen-bond acceptors (Lipinski definition) is 4. The number of carboxylic acid groups (broad SMARTS) is 2. The van der Waals surface area contributed by atoms with Crippen molar-refractivity contribution >= 4 is 17.6 Å². The molecule has 2 N–H and O–H groups in total. The molecule has 0 aliphatic rings. The lowest BCUT2D eigenvalue weighted by molar-refractivity contribution is -0.384. The highest BCUT2D eigenvalue weighted by Crippen LogP contribution is 2.18. The van der Waals surface area contributed by atoms with E-state index in [9.17, 15) is 19.7 Å². The Kier molecular flexibility index (Phi) is 4.17. The van der Waals surface area contributed by atoms with Crippen molar-refractivity contribution in [1.82, 2.24) is 0 Å². The fourth-order valence-electron chi connectivity index (χ4n) is 2.01. The molecule has 0 saturated heterocycles. The van der Waals surface area contributed by atoms with Crippen molar-refractivity contribution < 1.29 is 24.7 Å². The predicted octanol–water partition coefficient (Wildman–Crippen LogP) is 2.58. The van der Waals surface area contributed by atoms with Crippen molar-refractivity contribution in [2.24, 2.45) is 0 Å². The highest BCUT2D eigenvalue weighted by Gasteiger charge is 2.12. The van der Waals surface area contributed by atoms with Gasteiger partial charge in [-0.05, 0) is 35.7 Å². The number of carboxylic acids is 2. The second-order valence-electron chi connectivity index (χ2n) is 4.63. The second kappa shape index (κ2) is 6.04. The van der Waals surface area contributed by atoms with E-state index in [1.165, 1.54) is 24.3 Å². The number of rotatable bonds is 5. The van der Waals surface area contributed by atoms with Crippen molar-refractivity contribution in [3.8, 4) is 0 Å². The van der Waals surface area contributed by atoms with E-state index < -0.39 is 16.9 Å². The van der Waals surface area contributed by atoms with Gasteiger partial charge in [-0.1, -0.05) is 12.1 Å². The molecule has 0 bridgehead atoms. The summed E-state index contributed by atoms with van der Waals surface area (Å²) < 4.78 is 0. The maximum absolute atomic E-state index is 11.0. The monoisotopic (exact) mass is 301 g/mol. The second-order valence-corrected chi connectivity index (χ2v) is 4.63. The third-order valence-electron chi connectivity index (χ3n) is 3.04. The van der Waals surface area contributed by atoms with Gasteiger partial charge in [0, 0.05) is 12.1 Å². The summed E-state index contributed by atoms with van der Waals surface area (Å²) in [4.78, 5) is 32.1. The van der Waals surface area contributed by atoms with Crippen molar-refractivity contribution in [1.29, 1.82) is 0 Å². The van der Waals surface area contributed by atoms with E-state index in [2.05, 4.69) is 0 Å². The molecule has 112 valence electrons. The number of hydrogen-bond donors (Lipinski definition) is 2. The Morgan fingerprint density at radius 2 is 1.41 bits per heavy atom. The van der Waals surface area contributed by atoms with E-state index in [4.69, 9.17) is 10.2 Å². The fourth-order valence-corrected chi connectivity index (χ4v) is 2.01. The normalized spacial score (nSPS) is 10.2. The summed E-state index contributed by atoms with van der Waals surface area (Å²) in [5.41, 5.74) is 0.943. The Balaban J connectivity index is 2.33. The van der Waals surface area contributed by atoms with E-state index in [0.717, 1.165) is 6.07 Å². The van der Waals surface area contributed by atoms with Gasteiger partial charge in [-0.2, -0.15) is 0 Å². The van der Waals surface area contributed by atoms with Crippen LogP contribution < -0.4 is 0 Å². The van der Waals surface area contributed by atoms with Gasteiger partial charge in [-0.3, -0.25) is 10.1 Å². The number of nitro groups is 1. The maximum atomic E-state index is 11.0. The van der Waals surface area contributed by atoms with E-state index in [1.54, 1.807) is 12.1 Å². The molecule has 0 amide bonds. The zero-order chi connectivity index (χ0) is 16.3. The molecule has 0 spiro atoms. The van der Waals surface area contributed by atoms with Crippen LogP contribution in [0.15, 0.2) is 42.5 Å². The van der Waals surface area contributed by atoms with Gasteiger partial charge in [0.15, 0.2) is 0 Å². The van der Waals surface area contributed by atoms with Gasteiger partial charge >= 0.3 is 11.9 Å². The van der Waals surface area contributed by atoms with Crippen LogP contribution in [0.4, 0.5) is 5.69 Å². The van der Waals surface area contributed by atoms with Crippen LogP contribution in [-0.4, -0.2) is 27.1 Å². The lowest BCUT2D eigenvalue weighted by Crippen LogP contribution is -2.04. The molecule has 0 unspecified atom stereocenters. The minimum absolute atomic E-state index is 0.0470. The van der Waals surface area contributed by atoms with Crippen molar-refractivity contribution in [3.63, 3.8) is 0 Å². The van der Waals surface area contributed by atoms with Crippen LogP contribution in [0.1, 0.15) is 31.8 Å². The summed E-state index contributed by atoms with van der Waals surface area (Å²) in [6.07, 6.45) is 0.277. The standard InChI is InChI=1S/C15H11NO6/c17-14(18)11-6-10(7-12(8-11)15(19)20)5-9-1-3-13(4-2-9)16(21)22/h1-4,6-8H,5H2,(H,17,18)(H,19,20). The maximum Gasteiger partial charge on any atom is 0.335 e. The number of nitrogens with zero attached hydrogens (tertiary/aromatic N) is 1. The van der Waals surface area contributed by atoms with Gasteiger partial charge in [-0.15, -0.1) is 0 Å². The van der Waals surface area contributed by atoms with Crippen LogP contribution in [-0.2, 0) is 6.42 Å². The van der Waals surface area contributed by atoms with Crippen molar-refractivity contribution in [3.05, 3.63) is 74.8 Å². The minimum atomic E-state index is -1.21. The smallest absolute Gasteiger partial charge is 0.335 e. The summed E-state index contributed by atoms with van der Waals surface area (Å²) in [5.74, 6) is -2.43.